The van der Waals surface area contributed by atoms with Gasteiger partial charge in [-0.15, -0.1) is 5.10 Å². The Labute approximate surface area is 133 Å². The van der Waals surface area contributed by atoms with Crippen LogP contribution in [0.4, 0.5) is 4.39 Å². The first-order valence-electron chi connectivity index (χ1n) is 7.61. The molecular formula is C16H19FN4O2. The minimum atomic E-state index is -0.297. The molecule has 1 amide bonds. The molecular weight excluding hydrogens is 299 g/mol. The van der Waals surface area contributed by atoms with Crippen LogP contribution in [0.3, 0.4) is 0 Å². The van der Waals surface area contributed by atoms with Crippen molar-refractivity contribution in [2.75, 3.05) is 13.1 Å². The predicted octanol–water partition coefficient (Wildman–Crippen LogP) is 2.04. The smallest absolute Gasteiger partial charge is 0.225 e. The van der Waals surface area contributed by atoms with Crippen molar-refractivity contribution in [1.29, 1.82) is 0 Å². The van der Waals surface area contributed by atoms with Gasteiger partial charge in [0, 0.05) is 19.0 Å². The maximum absolute atomic E-state index is 12.8. The van der Waals surface area contributed by atoms with E-state index in [9.17, 15) is 9.18 Å². The van der Waals surface area contributed by atoms with Crippen molar-refractivity contribution < 1.29 is 13.9 Å². The fourth-order valence-electron chi connectivity index (χ4n) is 2.41. The highest BCUT2D eigenvalue weighted by atomic mass is 19.1. The van der Waals surface area contributed by atoms with Gasteiger partial charge in [-0.25, -0.2) is 9.07 Å². The number of hydrogen-bond donors (Lipinski definition) is 0. The van der Waals surface area contributed by atoms with Crippen molar-refractivity contribution in [3.63, 3.8) is 0 Å². The molecule has 0 spiro atoms. The molecule has 1 aromatic heterocycles. The van der Waals surface area contributed by atoms with E-state index in [2.05, 4.69) is 10.3 Å². The standard InChI is InChI=1S/C16H19FN4O2/c1-11(2)16(22)20-8-14(9-20)21-7-13(18-19-21)10-23-15-5-3-12(17)4-6-15/h3-7,11,14H,8-10H2,1-2H3. The third kappa shape index (κ3) is 3.49. The van der Waals surface area contributed by atoms with Crippen LogP contribution in [-0.2, 0) is 11.4 Å². The first-order chi connectivity index (χ1) is 11.0. The van der Waals surface area contributed by atoms with Gasteiger partial charge in [-0.1, -0.05) is 19.1 Å². The summed E-state index contributed by atoms with van der Waals surface area (Å²) in [5, 5.41) is 8.16. The van der Waals surface area contributed by atoms with Gasteiger partial charge in [-0.3, -0.25) is 4.79 Å². The van der Waals surface area contributed by atoms with Gasteiger partial charge < -0.3 is 9.64 Å². The van der Waals surface area contributed by atoms with Crippen LogP contribution in [0.5, 0.6) is 5.75 Å². The summed E-state index contributed by atoms with van der Waals surface area (Å²) in [5.41, 5.74) is 0.697. The fraction of sp³-hybridized carbons (Fsp3) is 0.438. The molecule has 6 nitrogen and oxygen atoms in total. The normalized spacial score (nSPS) is 14.9. The number of hydrogen-bond acceptors (Lipinski definition) is 4. The number of rotatable bonds is 5. The molecule has 0 unspecified atom stereocenters. The molecule has 1 aliphatic heterocycles. The summed E-state index contributed by atoms with van der Waals surface area (Å²) >= 11 is 0. The minimum absolute atomic E-state index is 0.0198. The zero-order chi connectivity index (χ0) is 16.4. The number of carbonyl (C=O) groups is 1. The molecule has 2 aromatic rings. The van der Waals surface area contributed by atoms with Crippen LogP contribution in [0.1, 0.15) is 25.6 Å². The van der Waals surface area contributed by atoms with Crippen molar-refractivity contribution in [2.45, 2.75) is 26.5 Å². The molecule has 1 aromatic carbocycles. The van der Waals surface area contributed by atoms with Gasteiger partial charge in [-0.2, -0.15) is 0 Å². The van der Waals surface area contributed by atoms with Crippen LogP contribution in [0.15, 0.2) is 30.5 Å². The summed E-state index contributed by atoms with van der Waals surface area (Å²) in [6, 6.07) is 6.01. The lowest BCUT2D eigenvalue weighted by Gasteiger charge is -2.39. The van der Waals surface area contributed by atoms with Gasteiger partial charge in [0.25, 0.3) is 0 Å². The van der Waals surface area contributed by atoms with Crippen LogP contribution in [0.25, 0.3) is 0 Å². The Morgan fingerprint density at radius 2 is 2.04 bits per heavy atom. The van der Waals surface area contributed by atoms with Crippen LogP contribution in [0.2, 0.25) is 0 Å². The van der Waals surface area contributed by atoms with Crippen LogP contribution < -0.4 is 4.74 Å². The number of likely N-dealkylation sites (tertiary alicyclic amines) is 1. The van der Waals surface area contributed by atoms with Crippen molar-refractivity contribution in [2.24, 2.45) is 5.92 Å². The lowest BCUT2D eigenvalue weighted by atomic mass is 10.1. The highest BCUT2D eigenvalue weighted by Crippen LogP contribution is 2.22. The molecule has 2 heterocycles. The number of aromatic nitrogens is 3. The van der Waals surface area contributed by atoms with E-state index in [0.717, 1.165) is 0 Å². The Bertz CT molecular complexity index is 678. The second-order valence-electron chi connectivity index (χ2n) is 5.98. The monoisotopic (exact) mass is 318 g/mol. The highest BCUT2D eigenvalue weighted by Gasteiger charge is 2.33. The third-order valence-electron chi connectivity index (χ3n) is 3.80. The van der Waals surface area contributed by atoms with Crippen molar-refractivity contribution >= 4 is 5.91 Å². The molecule has 7 heteroatoms. The van der Waals surface area contributed by atoms with E-state index in [1.807, 2.05) is 24.9 Å². The number of benzene rings is 1. The average molecular weight is 318 g/mol. The molecule has 0 bridgehead atoms. The van der Waals surface area contributed by atoms with Gasteiger partial charge in [-0.05, 0) is 24.3 Å². The third-order valence-corrected chi connectivity index (χ3v) is 3.80. The summed E-state index contributed by atoms with van der Waals surface area (Å²) in [4.78, 5) is 13.6. The Balaban J connectivity index is 1.51. The molecule has 1 saturated heterocycles. The van der Waals surface area contributed by atoms with E-state index in [0.29, 0.717) is 24.5 Å². The summed E-state index contributed by atoms with van der Waals surface area (Å²) < 4.78 is 20.1. The van der Waals surface area contributed by atoms with E-state index < -0.39 is 0 Å². The van der Waals surface area contributed by atoms with Gasteiger partial charge >= 0.3 is 0 Å². The van der Waals surface area contributed by atoms with E-state index >= 15 is 0 Å². The maximum atomic E-state index is 12.8. The second-order valence-corrected chi connectivity index (χ2v) is 5.98. The quantitative estimate of drug-likeness (QED) is 0.846. The van der Waals surface area contributed by atoms with Gasteiger partial charge in [0.05, 0.1) is 12.2 Å². The maximum Gasteiger partial charge on any atom is 0.225 e. The molecule has 122 valence electrons. The number of carbonyl (C=O) groups excluding carboxylic acids is 1. The summed E-state index contributed by atoms with van der Waals surface area (Å²) in [7, 11) is 0. The molecule has 1 aliphatic rings. The van der Waals surface area contributed by atoms with Gasteiger partial charge in [0.2, 0.25) is 5.91 Å². The Morgan fingerprint density at radius 3 is 2.70 bits per heavy atom. The van der Waals surface area contributed by atoms with Crippen molar-refractivity contribution in [3.05, 3.63) is 42.0 Å². The highest BCUT2D eigenvalue weighted by molar-refractivity contribution is 5.78. The molecule has 0 saturated carbocycles. The zero-order valence-electron chi connectivity index (χ0n) is 13.1. The van der Waals surface area contributed by atoms with E-state index in [4.69, 9.17) is 4.74 Å². The first kappa shape index (κ1) is 15.5. The number of ether oxygens (including phenoxy) is 1. The molecule has 0 aliphatic carbocycles. The van der Waals surface area contributed by atoms with Crippen LogP contribution >= 0.6 is 0 Å². The second kappa shape index (κ2) is 6.36. The van der Waals surface area contributed by atoms with E-state index in [-0.39, 0.29) is 30.3 Å². The van der Waals surface area contributed by atoms with Crippen molar-refractivity contribution in [1.82, 2.24) is 19.9 Å². The Morgan fingerprint density at radius 1 is 1.35 bits per heavy atom. The average Bonchev–Trinajstić information content (AvgIpc) is 2.93. The topological polar surface area (TPSA) is 60.2 Å². The lowest BCUT2D eigenvalue weighted by Crippen LogP contribution is -2.52. The molecule has 3 rings (SSSR count). The Hall–Kier alpha value is -2.44. The first-order valence-corrected chi connectivity index (χ1v) is 7.61. The predicted molar refractivity (Wildman–Crippen MR) is 81.2 cm³/mol. The summed E-state index contributed by atoms with van der Waals surface area (Å²) in [6.07, 6.45) is 1.82. The van der Waals surface area contributed by atoms with E-state index in [1.165, 1.54) is 12.1 Å². The number of nitrogens with zero attached hydrogens (tertiary/aromatic N) is 4. The summed E-state index contributed by atoms with van der Waals surface area (Å²) in [5.74, 6) is 0.472. The zero-order valence-corrected chi connectivity index (χ0v) is 13.1. The van der Waals surface area contributed by atoms with Crippen LogP contribution in [-0.4, -0.2) is 38.9 Å². The van der Waals surface area contributed by atoms with Crippen LogP contribution in [0, 0.1) is 11.7 Å². The van der Waals surface area contributed by atoms with Gasteiger partial charge in [0.15, 0.2) is 0 Å². The van der Waals surface area contributed by atoms with Gasteiger partial charge in [0.1, 0.15) is 23.9 Å². The number of amides is 1. The molecule has 23 heavy (non-hydrogen) atoms. The number of halogens is 1. The SMILES string of the molecule is CC(C)C(=O)N1CC(n2cc(COc3ccc(F)cc3)nn2)C1. The van der Waals surface area contributed by atoms with Crippen molar-refractivity contribution in [3.8, 4) is 5.75 Å². The lowest BCUT2D eigenvalue weighted by molar-refractivity contribution is -0.140. The molecule has 0 radical (unpaired) electrons. The summed E-state index contributed by atoms with van der Waals surface area (Å²) in [6.45, 7) is 5.40. The van der Waals surface area contributed by atoms with E-state index in [1.54, 1.807) is 16.8 Å². The fourth-order valence-corrected chi connectivity index (χ4v) is 2.41. The molecule has 0 atom stereocenters. The minimum Gasteiger partial charge on any atom is -0.487 e. The molecule has 1 fully saturated rings. The largest absolute Gasteiger partial charge is 0.487 e. The Kier molecular flexibility index (Phi) is 4.27. The molecule has 0 N–H and O–H groups in total.